The molecule has 2 rings (SSSR count). The fourth-order valence-electron chi connectivity index (χ4n) is 2.03. The summed E-state index contributed by atoms with van der Waals surface area (Å²) in [4.78, 5) is 26.0. The molecule has 0 unspecified atom stereocenters. The summed E-state index contributed by atoms with van der Waals surface area (Å²) < 4.78 is 5.72. The predicted octanol–water partition coefficient (Wildman–Crippen LogP) is 3.84. The molecule has 0 spiro atoms. The number of imide groups is 1. The number of hydrogen-bond acceptors (Lipinski definition) is 5. The number of aromatic hydroxyl groups is 1. The summed E-state index contributed by atoms with van der Waals surface area (Å²) in [6.07, 6.45) is 2.37. The minimum Gasteiger partial charge on any atom is -0.504 e. The molecule has 7 heteroatoms. The Labute approximate surface area is 146 Å². The number of amides is 2. The number of phenolic OH excluding ortho intramolecular Hbond substituents is 1. The number of phenols is 1. The Balaban J connectivity index is 2.37. The minimum atomic E-state index is -0.272. The number of hydrogen-bond donors (Lipinski definition) is 1. The molecule has 1 atom stereocenters. The third-order valence-corrected chi connectivity index (χ3v) is 5.13. The highest BCUT2D eigenvalue weighted by atomic mass is 127. The number of methoxy groups -OCH3 is 1. The maximum absolute atomic E-state index is 12.4. The summed E-state index contributed by atoms with van der Waals surface area (Å²) in [6, 6.07) is 3.25. The first-order valence-corrected chi connectivity index (χ1v) is 8.62. The van der Waals surface area contributed by atoms with Gasteiger partial charge in [-0.3, -0.25) is 14.5 Å². The molecule has 0 radical (unpaired) electrons. The molecule has 118 valence electrons. The Morgan fingerprint density at radius 1 is 1.45 bits per heavy atom. The van der Waals surface area contributed by atoms with Crippen LogP contribution < -0.4 is 4.74 Å². The summed E-state index contributed by atoms with van der Waals surface area (Å²) in [6.45, 7) is 3.79. The smallest absolute Gasteiger partial charge is 0.293 e. The average Bonchev–Trinajstić information content (AvgIpc) is 2.76. The number of halogens is 1. The van der Waals surface area contributed by atoms with Crippen molar-refractivity contribution in [1.82, 2.24) is 4.90 Å². The number of thioether (sulfide) groups is 1. The van der Waals surface area contributed by atoms with Gasteiger partial charge in [-0.1, -0.05) is 6.92 Å². The van der Waals surface area contributed by atoms with Crippen LogP contribution in [0.2, 0.25) is 0 Å². The molecule has 1 N–H and O–H groups in total. The van der Waals surface area contributed by atoms with Crippen LogP contribution in [0.15, 0.2) is 17.0 Å². The molecule has 0 saturated carbocycles. The van der Waals surface area contributed by atoms with Gasteiger partial charge in [0.1, 0.15) is 0 Å². The van der Waals surface area contributed by atoms with Gasteiger partial charge in [-0.2, -0.15) is 0 Å². The van der Waals surface area contributed by atoms with Gasteiger partial charge in [-0.05, 0) is 71.5 Å². The van der Waals surface area contributed by atoms with E-state index in [0.717, 1.165) is 18.2 Å². The molecule has 0 bridgehead atoms. The maximum atomic E-state index is 12.4. The van der Waals surface area contributed by atoms with Crippen molar-refractivity contribution in [3.8, 4) is 11.5 Å². The second-order valence-electron chi connectivity index (χ2n) is 4.86. The van der Waals surface area contributed by atoms with Gasteiger partial charge in [-0.25, -0.2) is 0 Å². The van der Waals surface area contributed by atoms with Crippen LogP contribution in [0.3, 0.4) is 0 Å². The van der Waals surface area contributed by atoms with E-state index in [1.54, 1.807) is 18.2 Å². The number of carbonyl (C=O) groups is 2. The summed E-state index contributed by atoms with van der Waals surface area (Å²) in [5.41, 5.74) is 0.703. The largest absolute Gasteiger partial charge is 0.504 e. The van der Waals surface area contributed by atoms with Crippen LogP contribution in [0, 0.1) is 3.57 Å². The molecule has 5 nitrogen and oxygen atoms in total. The molecule has 1 aliphatic heterocycles. The van der Waals surface area contributed by atoms with Gasteiger partial charge in [0.15, 0.2) is 11.5 Å². The molecule has 1 saturated heterocycles. The summed E-state index contributed by atoms with van der Waals surface area (Å²) in [7, 11) is 1.46. The zero-order valence-corrected chi connectivity index (χ0v) is 15.4. The number of rotatable bonds is 4. The zero-order valence-electron chi connectivity index (χ0n) is 12.4. The number of ether oxygens (including phenoxy) is 1. The van der Waals surface area contributed by atoms with Crippen LogP contribution in [0.25, 0.3) is 6.08 Å². The number of nitrogens with zero attached hydrogens (tertiary/aromatic N) is 1. The van der Waals surface area contributed by atoms with E-state index in [2.05, 4.69) is 0 Å². The van der Waals surface area contributed by atoms with E-state index in [9.17, 15) is 14.7 Å². The first-order chi connectivity index (χ1) is 10.4. The van der Waals surface area contributed by atoms with Crippen molar-refractivity contribution in [1.29, 1.82) is 0 Å². The molecule has 0 aliphatic carbocycles. The Morgan fingerprint density at radius 2 is 2.14 bits per heavy atom. The van der Waals surface area contributed by atoms with E-state index in [1.807, 2.05) is 36.4 Å². The molecule has 22 heavy (non-hydrogen) atoms. The quantitative estimate of drug-likeness (QED) is 0.578. The molecule has 1 aliphatic rings. The van der Waals surface area contributed by atoms with Gasteiger partial charge in [0.05, 0.1) is 15.6 Å². The lowest BCUT2D eigenvalue weighted by atomic mass is 10.1. The Kier molecular flexibility index (Phi) is 5.38. The topological polar surface area (TPSA) is 66.8 Å². The normalized spacial score (nSPS) is 18.2. The van der Waals surface area contributed by atoms with Crippen molar-refractivity contribution in [2.24, 2.45) is 0 Å². The molecule has 1 aromatic rings. The SMILES string of the molecule is CC[C@H](C)N1C(=O)S/C(=C\c2cc(I)c(O)c(OC)c2)C1=O. The third kappa shape index (κ3) is 3.24. The van der Waals surface area contributed by atoms with E-state index >= 15 is 0 Å². The van der Waals surface area contributed by atoms with E-state index in [4.69, 9.17) is 4.74 Å². The lowest BCUT2D eigenvalue weighted by Gasteiger charge is -2.19. The second-order valence-corrected chi connectivity index (χ2v) is 7.02. The van der Waals surface area contributed by atoms with Gasteiger partial charge >= 0.3 is 0 Å². The van der Waals surface area contributed by atoms with Gasteiger partial charge in [0.25, 0.3) is 11.1 Å². The summed E-state index contributed by atoms with van der Waals surface area (Å²) >= 11 is 2.92. The lowest BCUT2D eigenvalue weighted by molar-refractivity contribution is -0.124. The highest BCUT2D eigenvalue weighted by Gasteiger charge is 2.37. The van der Waals surface area contributed by atoms with E-state index in [1.165, 1.54) is 12.0 Å². The summed E-state index contributed by atoms with van der Waals surface area (Å²) in [5.74, 6) is 0.124. The van der Waals surface area contributed by atoms with Crippen LogP contribution in [0.5, 0.6) is 11.5 Å². The van der Waals surface area contributed by atoms with Gasteiger partial charge in [0.2, 0.25) is 0 Å². The van der Waals surface area contributed by atoms with E-state index in [0.29, 0.717) is 19.8 Å². The van der Waals surface area contributed by atoms with Crippen molar-refractivity contribution < 1.29 is 19.4 Å². The van der Waals surface area contributed by atoms with Crippen LogP contribution in [0.1, 0.15) is 25.8 Å². The fraction of sp³-hybridized carbons (Fsp3) is 0.333. The molecule has 1 fully saturated rings. The van der Waals surface area contributed by atoms with E-state index in [-0.39, 0.29) is 22.9 Å². The Hall–Kier alpha value is -1.22. The van der Waals surface area contributed by atoms with Crippen molar-refractivity contribution >= 4 is 51.6 Å². The molecule has 2 amide bonds. The molecule has 1 aromatic carbocycles. The van der Waals surface area contributed by atoms with Gasteiger partial charge in [-0.15, -0.1) is 0 Å². The van der Waals surface area contributed by atoms with Crippen LogP contribution in [0.4, 0.5) is 4.79 Å². The molecule has 0 aromatic heterocycles. The minimum absolute atomic E-state index is 0.0629. The first kappa shape index (κ1) is 17.1. The Bertz CT molecular complexity index is 659. The van der Waals surface area contributed by atoms with Crippen molar-refractivity contribution in [3.05, 3.63) is 26.2 Å². The fourth-order valence-corrected chi connectivity index (χ4v) is 3.58. The Morgan fingerprint density at radius 3 is 2.73 bits per heavy atom. The molecular formula is C15H16INO4S. The predicted molar refractivity (Wildman–Crippen MR) is 94.9 cm³/mol. The van der Waals surface area contributed by atoms with Crippen LogP contribution >= 0.6 is 34.4 Å². The van der Waals surface area contributed by atoms with Crippen molar-refractivity contribution in [2.45, 2.75) is 26.3 Å². The zero-order chi connectivity index (χ0) is 16.4. The number of carbonyl (C=O) groups excluding carboxylic acids is 2. The highest BCUT2D eigenvalue weighted by Crippen LogP contribution is 2.37. The number of benzene rings is 1. The standard InChI is InChI=1S/C15H16INO4S/c1-4-8(2)17-14(19)12(22-15(17)20)7-9-5-10(16)13(18)11(6-9)21-3/h5-8,18H,4H2,1-3H3/b12-7-/t8-/m0/s1. The van der Waals surface area contributed by atoms with Crippen molar-refractivity contribution in [3.63, 3.8) is 0 Å². The molecule has 1 heterocycles. The van der Waals surface area contributed by atoms with Gasteiger partial charge < -0.3 is 9.84 Å². The third-order valence-electron chi connectivity index (χ3n) is 3.42. The van der Waals surface area contributed by atoms with Crippen molar-refractivity contribution in [2.75, 3.05) is 7.11 Å². The van der Waals surface area contributed by atoms with Gasteiger partial charge in [0, 0.05) is 6.04 Å². The molecular weight excluding hydrogens is 417 g/mol. The van der Waals surface area contributed by atoms with Crippen LogP contribution in [-0.2, 0) is 4.79 Å². The first-order valence-electron chi connectivity index (χ1n) is 6.72. The average molecular weight is 433 g/mol. The lowest BCUT2D eigenvalue weighted by Crippen LogP contribution is -2.36. The monoisotopic (exact) mass is 433 g/mol. The summed E-state index contributed by atoms with van der Waals surface area (Å²) in [5, 5.41) is 9.59. The highest BCUT2D eigenvalue weighted by molar-refractivity contribution is 14.1. The van der Waals surface area contributed by atoms with Crippen LogP contribution in [-0.4, -0.2) is 34.3 Å². The maximum Gasteiger partial charge on any atom is 0.293 e. The second kappa shape index (κ2) is 6.91. The van der Waals surface area contributed by atoms with E-state index < -0.39 is 0 Å².